The average Bonchev–Trinajstić information content (AvgIpc) is 2.76. The number of ether oxygens (including phenoxy) is 3. The largest absolute Gasteiger partial charge is 0.390 e. The molecule has 2 saturated heterocycles. The molecule has 2 heterocycles. The van der Waals surface area contributed by atoms with Crippen LogP contribution in [-0.2, 0) is 20.8 Å². The molecule has 3 fully saturated rings. The first-order chi connectivity index (χ1) is 15.6. The SMILES string of the molecule is CN[C@@H]1[C@H](O)[C@H](NC)[C@H]2OC3(O)C(O[C@@H]2[C@H]1O)O[C@H](C)C[C@@]3(O)CNCc1ccccc1Cl. The van der Waals surface area contributed by atoms with Crippen molar-refractivity contribution in [3.8, 4) is 0 Å². The Labute approximate surface area is 198 Å². The number of aliphatic hydroxyl groups is 4. The van der Waals surface area contributed by atoms with E-state index in [1.54, 1.807) is 27.1 Å². The molecule has 0 aromatic heterocycles. The van der Waals surface area contributed by atoms with Crippen LogP contribution in [0.25, 0.3) is 0 Å². The minimum absolute atomic E-state index is 0.0336. The first-order valence-electron chi connectivity index (χ1n) is 11.2. The van der Waals surface area contributed by atoms with Gasteiger partial charge in [-0.3, -0.25) is 0 Å². The molecule has 1 aromatic carbocycles. The minimum atomic E-state index is -2.24. The molecule has 0 bridgehead atoms. The number of aliphatic hydroxyl groups excluding tert-OH is 2. The fourth-order valence-electron chi connectivity index (χ4n) is 5.27. The number of hydrogen-bond donors (Lipinski definition) is 7. The fourth-order valence-corrected chi connectivity index (χ4v) is 5.48. The van der Waals surface area contributed by atoms with Crippen molar-refractivity contribution in [2.75, 3.05) is 20.6 Å². The summed E-state index contributed by atoms with van der Waals surface area (Å²) in [5.74, 6) is -2.24. The molecule has 0 spiro atoms. The molecule has 186 valence electrons. The lowest BCUT2D eigenvalue weighted by molar-refractivity contribution is -0.482. The van der Waals surface area contributed by atoms with Crippen molar-refractivity contribution in [2.24, 2.45) is 0 Å². The predicted molar refractivity (Wildman–Crippen MR) is 119 cm³/mol. The van der Waals surface area contributed by atoms with E-state index in [1.807, 2.05) is 18.2 Å². The molecule has 33 heavy (non-hydrogen) atoms. The summed E-state index contributed by atoms with van der Waals surface area (Å²) in [7, 11) is 3.28. The molecule has 3 aliphatic rings. The van der Waals surface area contributed by atoms with Crippen molar-refractivity contribution in [1.82, 2.24) is 16.0 Å². The number of rotatable bonds is 6. The quantitative estimate of drug-likeness (QED) is 0.258. The van der Waals surface area contributed by atoms with Gasteiger partial charge in [-0.05, 0) is 32.6 Å². The van der Waals surface area contributed by atoms with Gasteiger partial charge in [0.15, 0.2) is 0 Å². The van der Waals surface area contributed by atoms with Crippen LogP contribution in [0.1, 0.15) is 18.9 Å². The maximum Gasteiger partial charge on any atom is 0.249 e. The van der Waals surface area contributed by atoms with Crippen LogP contribution in [0.5, 0.6) is 0 Å². The van der Waals surface area contributed by atoms with E-state index in [4.69, 9.17) is 25.8 Å². The number of likely N-dealkylation sites (N-methyl/N-ethyl adjacent to an activating group) is 2. The van der Waals surface area contributed by atoms with Gasteiger partial charge in [0.1, 0.15) is 23.9 Å². The lowest BCUT2D eigenvalue weighted by atomic mass is 9.77. The molecule has 11 heteroatoms. The first kappa shape index (κ1) is 25.2. The molecule has 0 amide bonds. The van der Waals surface area contributed by atoms with Gasteiger partial charge in [-0.15, -0.1) is 0 Å². The van der Waals surface area contributed by atoms with E-state index in [2.05, 4.69) is 16.0 Å². The zero-order valence-corrected chi connectivity index (χ0v) is 19.7. The van der Waals surface area contributed by atoms with Crippen molar-refractivity contribution in [3.05, 3.63) is 34.9 Å². The van der Waals surface area contributed by atoms with Crippen molar-refractivity contribution in [1.29, 1.82) is 0 Å². The highest BCUT2D eigenvalue weighted by Crippen LogP contribution is 2.46. The van der Waals surface area contributed by atoms with Crippen LogP contribution in [0.15, 0.2) is 24.3 Å². The second-order valence-electron chi connectivity index (χ2n) is 9.20. The summed E-state index contributed by atoms with van der Waals surface area (Å²) >= 11 is 6.23. The number of halogens is 1. The molecule has 2 unspecified atom stereocenters. The van der Waals surface area contributed by atoms with Gasteiger partial charge in [-0.2, -0.15) is 0 Å². The summed E-state index contributed by atoms with van der Waals surface area (Å²) in [6, 6.07) is 5.99. The summed E-state index contributed by atoms with van der Waals surface area (Å²) in [5, 5.41) is 54.5. The van der Waals surface area contributed by atoms with Crippen molar-refractivity contribution < 1.29 is 34.6 Å². The Bertz CT molecular complexity index is 837. The second-order valence-corrected chi connectivity index (χ2v) is 9.61. The monoisotopic (exact) mass is 487 g/mol. The second kappa shape index (κ2) is 9.63. The van der Waals surface area contributed by atoms with Gasteiger partial charge in [0, 0.05) is 24.5 Å². The standard InChI is InChI=1S/C22H34ClN3O7/c1-11-8-21(29,10-26-9-12-6-4-5-7-13(12)23)22(30)20(31-11)32-19-17(28)14(24-2)16(27)15(25-3)18(19)33-22/h4-7,11,14-20,24-30H,8-10H2,1-3H3/t11-,14-,15+,16+,17+,18-,19-,20?,21-,22?/m1/s1. The Morgan fingerprint density at radius 1 is 1.03 bits per heavy atom. The molecule has 1 saturated carbocycles. The Morgan fingerprint density at radius 2 is 1.73 bits per heavy atom. The number of nitrogens with one attached hydrogen (secondary N) is 3. The van der Waals surface area contributed by atoms with Crippen LogP contribution in [0.2, 0.25) is 5.02 Å². The normalized spacial score (nSPS) is 45.3. The van der Waals surface area contributed by atoms with Crippen LogP contribution in [0, 0.1) is 0 Å². The highest BCUT2D eigenvalue weighted by molar-refractivity contribution is 6.31. The van der Waals surface area contributed by atoms with E-state index in [1.165, 1.54) is 0 Å². The highest BCUT2D eigenvalue weighted by Gasteiger charge is 2.68. The molecule has 10 atom stereocenters. The van der Waals surface area contributed by atoms with Gasteiger partial charge >= 0.3 is 0 Å². The third-order valence-corrected chi connectivity index (χ3v) is 7.41. The number of fused-ring (bicyclic) bond motifs is 2. The van der Waals surface area contributed by atoms with Crippen molar-refractivity contribution in [3.63, 3.8) is 0 Å². The number of hydrogen-bond acceptors (Lipinski definition) is 10. The van der Waals surface area contributed by atoms with Crippen LogP contribution in [0.3, 0.4) is 0 Å². The summed E-state index contributed by atoms with van der Waals surface area (Å²) in [6.45, 7) is 2.10. The maximum atomic E-state index is 11.6. The van der Waals surface area contributed by atoms with Gasteiger partial charge in [0.2, 0.25) is 12.1 Å². The van der Waals surface area contributed by atoms with E-state index in [-0.39, 0.29) is 13.0 Å². The summed E-state index contributed by atoms with van der Waals surface area (Å²) in [5.41, 5.74) is -0.936. The first-order valence-corrected chi connectivity index (χ1v) is 11.6. The van der Waals surface area contributed by atoms with Gasteiger partial charge < -0.3 is 50.6 Å². The lowest BCUT2D eigenvalue weighted by Crippen LogP contribution is -2.81. The molecule has 1 aliphatic carbocycles. The smallest absolute Gasteiger partial charge is 0.249 e. The molecule has 4 rings (SSSR count). The zero-order chi connectivity index (χ0) is 24.0. The summed E-state index contributed by atoms with van der Waals surface area (Å²) in [4.78, 5) is 0. The van der Waals surface area contributed by atoms with Crippen LogP contribution in [-0.4, -0.2) is 101 Å². The molecule has 0 radical (unpaired) electrons. The van der Waals surface area contributed by atoms with Gasteiger partial charge in [0.05, 0.1) is 24.3 Å². The molecule has 7 N–H and O–H groups in total. The third kappa shape index (κ3) is 4.32. The fraction of sp³-hybridized carbons (Fsp3) is 0.727. The molecular weight excluding hydrogens is 454 g/mol. The molecule has 10 nitrogen and oxygen atoms in total. The van der Waals surface area contributed by atoms with Gasteiger partial charge in [-0.1, -0.05) is 29.8 Å². The Morgan fingerprint density at radius 3 is 2.39 bits per heavy atom. The molecule has 2 aliphatic heterocycles. The van der Waals surface area contributed by atoms with Gasteiger partial charge in [0.25, 0.3) is 0 Å². The maximum absolute atomic E-state index is 11.6. The topological polar surface area (TPSA) is 145 Å². The van der Waals surface area contributed by atoms with E-state index < -0.39 is 60.3 Å². The number of benzene rings is 1. The zero-order valence-electron chi connectivity index (χ0n) is 18.9. The van der Waals surface area contributed by atoms with E-state index in [0.29, 0.717) is 11.6 Å². The van der Waals surface area contributed by atoms with Crippen LogP contribution < -0.4 is 16.0 Å². The Kier molecular flexibility index (Phi) is 7.36. The highest BCUT2D eigenvalue weighted by atomic mass is 35.5. The Balaban J connectivity index is 1.57. The lowest BCUT2D eigenvalue weighted by Gasteiger charge is -2.60. The van der Waals surface area contributed by atoms with E-state index in [9.17, 15) is 20.4 Å². The van der Waals surface area contributed by atoms with E-state index >= 15 is 0 Å². The third-order valence-electron chi connectivity index (χ3n) is 7.04. The van der Waals surface area contributed by atoms with Crippen molar-refractivity contribution in [2.45, 2.75) is 80.2 Å². The predicted octanol–water partition coefficient (Wildman–Crippen LogP) is -1.32. The molecule has 1 aromatic rings. The molecular formula is C22H34ClN3O7. The minimum Gasteiger partial charge on any atom is -0.390 e. The van der Waals surface area contributed by atoms with Crippen LogP contribution in [0.4, 0.5) is 0 Å². The Hall–Kier alpha value is -0.890. The van der Waals surface area contributed by atoms with E-state index in [0.717, 1.165) is 5.56 Å². The summed E-state index contributed by atoms with van der Waals surface area (Å²) < 4.78 is 17.9. The summed E-state index contributed by atoms with van der Waals surface area (Å²) in [6.07, 6.45) is -5.72. The van der Waals surface area contributed by atoms with Crippen molar-refractivity contribution >= 4 is 11.6 Å². The van der Waals surface area contributed by atoms with Gasteiger partial charge in [-0.25, -0.2) is 0 Å². The average molecular weight is 488 g/mol. The van der Waals surface area contributed by atoms with Crippen LogP contribution >= 0.6 is 11.6 Å².